The summed E-state index contributed by atoms with van der Waals surface area (Å²) >= 11 is 0. The predicted octanol–water partition coefficient (Wildman–Crippen LogP) is 1.86. The summed E-state index contributed by atoms with van der Waals surface area (Å²) in [4.78, 5) is 15.7. The second-order valence-corrected chi connectivity index (χ2v) is 4.96. The zero-order chi connectivity index (χ0) is 18.6. The van der Waals surface area contributed by atoms with Gasteiger partial charge in [0.1, 0.15) is 17.6 Å². The topological polar surface area (TPSA) is 126 Å². The van der Waals surface area contributed by atoms with Gasteiger partial charge in [-0.05, 0) is 26.0 Å². The molecule has 0 bridgehead atoms. The third-order valence-electron chi connectivity index (χ3n) is 3.43. The van der Waals surface area contributed by atoms with Gasteiger partial charge in [0.2, 0.25) is 5.95 Å². The Hall–Kier alpha value is -2.94. The summed E-state index contributed by atoms with van der Waals surface area (Å²) < 4.78 is 8.58. The van der Waals surface area contributed by atoms with E-state index in [9.17, 15) is 4.79 Å². The van der Waals surface area contributed by atoms with Crippen LogP contribution in [-0.2, 0) is 4.74 Å². The number of primary amides is 1. The summed E-state index contributed by atoms with van der Waals surface area (Å²) in [6, 6.07) is 3.31. The minimum Gasteiger partial charge on any atom is -0.367 e. The lowest BCUT2D eigenvalue weighted by Gasteiger charge is -2.11. The molecule has 134 valence electrons. The van der Waals surface area contributed by atoms with E-state index >= 15 is 0 Å². The molecule has 3 rings (SSSR count). The summed E-state index contributed by atoms with van der Waals surface area (Å²) in [7, 11) is 0. The van der Waals surface area contributed by atoms with Crippen molar-refractivity contribution < 1.29 is 9.53 Å². The van der Waals surface area contributed by atoms with E-state index in [1.54, 1.807) is 29.2 Å². The second-order valence-electron chi connectivity index (χ2n) is 4.96. The van der Waals surface area contributed by atoms with E-state index in [-0.39, 0.29) is 17.9 Å². The van der Waals surface area contributed by atoms with Crippen molar-refractivity contribution in [1.29, 1.82) is 0 Å². The highest BCUT2D eigenvalue weighted by Crippen LogP contribution is 2.25. The van der Waals surface area contributed by atoms with Crippen LogP contribution in [-0.4, -0.2) is 36.9 Å². The van der Waals surface area contributed by atoms with Gasteiger partial charge >= 0.3 is 0 Å². The summed E-state index contributed by atoms with van der Waals surface area (Å²) in [5, 5.41) is 8.32. The number of hydrogen-bond acceptors (Lipinski definition) is 6. The number of nitrogens with two attached hydrogens (primary N) is 2. The maximum atomic E-state index is 11.5. The number of nitrogen functional groups attached to an aromatic ring is 1. The monoisotopic (exact) mass is 345 g/mol. The molecule has 0 aliphatic carbocycles. The smallest absolute Gasteiger partial charge is 0.267 e. The van der Waals surface area contributed by atoms with E-state index in [0.29, 0.717) is 17.8 Å². The Morgan fingerprint density at radius 3 is 2.72 bits per heavy atom. The molecule has 0 saturated carbocycles. The van der Waals surface area contributed by atoms with Crippen LogP contribution in [0.2, 0.25) is 0 Å². The van der Waals surface area contributed by atoms with E-state index < -0.39 is 5.91 Å². The van der Waals surface area contributed by atoms with Crippen LogP contribution in [0.15, 0.2) is 24.5 Å². The van der Waals surface area contributed by atoms with Gasteiger partial charge in [0, 0.05) is 18.4 Å². The number of ether oxygens (including phenoxy) is 1. The van der Waals surface area contributed by atoms with Crippen molar-refractivity contribution in [2.75, 3.05) is 12.3 Å². The number of carbonyl (C=O) groups excluding carboxylic acids is 1. The molecule has 0 aliphatic heterocycles. The number of amides is 1. The standard InChI is InChI=1S/C14H17N7O2.C2H6/c1-3-23-8(2)20-7-9(6-17-20)12-10-4-5-11(13(15)22)21(10)19-14(16)18-12;1-2/h4-8H,3H2,1-2H3,(H2,15,22)(H2,16,19);1-2H3. The number of rotatable bonds is 5. The summed E-state index contributed by atoms with van der Waals surface area (Å²) in [5.41, 5.74) is 13.3. The van der Waals surface area contributed by atoms with Gasteiger partial charge < -0.3 is 16.2 Å². The van der Waals surface area contributed by atoms with Crippen molar-refractivity contribution in [3.63, 3.8) is 0 Å². The van der Waals surface area contributed by atoms with Crippen LogP contribution in [0.5, 0.6) is 0 Å². The molecule has 9 nitrogen and oxygen atoms in total. The summed E-state index contributed by atoms with van der Waals surface area (Å²) in [6.45, 7) is 8.40. The molecule has 4 N–H and O–H groups in total. The van der Waals surface area contributed by atoms with Gasteiger partial charge in [0.15, 0.2) is 0 Å². The first kappa shape index (κ1) is 18.4. The first-order valence-corrected chi connectivity index (χ1v) is 8.12. The minimum atomic E-state index is -0.588. The molecule has 0 aliphatic rings. The lowest BCUT2D eigenvalue weighted by atomic mass is 10.2. The Balaban J connectivity index is 0.00000109. The van der Waals surface area contributed by atoms with E-state index in [2.05, 4.69) is 15.2 Å². The quantitative estimate of drug-likeness (QED) is 0.726. The molecule has 25 heavy (non-hydrogen) atoms. The van der Waals surface area contributed by atoms with Crippen molar-refractivity contribution in [3.05, 3.63) is 30.2 Å². The zero-order valence-electron chi connectivity index (χ0n) is 14.8. The van der Waals surface area contributed by atoms with Crippen LogP contribution in [0.1, 0.15) is 44.4 Å². The van der Waals surface area contributed by atoms with Crippen LogP contribution in [0, 0.1) is 0 Å². The maximum Gasteiger partial charge on any atom is 0.267 e. The molecule has 9 heteroatoms. The lowest BCUT2D eigenvalue weighted by molar-refractivity contribution is 0.0160. The molecule has 1 atom stereocenters. The SMILES string of the molecule is CC.CCOC(C)n1cc(-c2nc(N)nn3c(C(N)=O)ccc23)cn1. The number of nitrogens with zero attached hydrogens (tertiary/aromatic N) is 5. The number of fused-ring (bicyclic) bond motifs is 1. The Kier molecular flexibility index (Phi) is 5.71. The number of hydrogen-bond donors (Lipinski definition) is 2. The van der Waals surface area contributed by atoms with Gasteiger partial charge in [-0.15, -0.1) is 5.10 Å². The van der Waals surface area contributed by atoms with Crippen molar-refractivity contribution in [1.82, 2.24) is 24.4 Å². The molecule has 3 aromatic heterocycles. The highest BCUT2D eigenvalue weighted by atomic mass is 16.5. The van der Waals surface area contributed by atoms with Gasteiger partial charge in [-0.2, -0.15) is 5.10 Å². The van der Waals surface area contributed by atoms with Crippen LogP contribution >= 0.6 is 0 Å². The molecule has 0 spiro atoms. The fraction of sp³-hybridized carbons (Fsp3) is 0.375. The van der Waals surface area contributed by atoms with Gasteiger partial charge in [0.25, 0.3) is 5.91 Å². The molecule has 0 aromatic carbocycles. The zero-order valence-corrected chi connectivity index (χ0v) is 14.8. The van der Waals surface area contributed by atoms with Gasteiger partial charge in [-0.25, -0.2) is 14.2 Å². The largest absolute Gasteiger partial charge is 0.367 e. The first-order chi connectivity index (χ1) is 12.0. The third-order valence-corrected chi connectivity index (χ3v) is 3.43. The normalized spacial score (nSPS) is 11.8. The van der Waals surface area contributed by atoms with Crippen molar-refractivity contribution in [2.24, 2.45) is 5.73 Å². The highest BCUT2D eigenvalue weighted by molar-refractivity contribution is 5.93. The van der Waals surface area contributed by atoms with Gasteiger partial charge in [-0.1, -0.05) is 13.8 Å². The average Bonchev–Trinajstić information content (AvgIpc) is 3.23. The molecule has 3 aromatic rings. The number of carbonyl (C=O) groups is 1. The summed E-state index contributed by atoms with van der Waals surface area (Å²) in [5.74, 6) is -0.550. The molecule has 1 amide bonds. The summed E-state index contributed by atoms with van der Waals surface area (Å²) in [6.07, 6.45) is 3.27. The Morgan fingerprint density at radius 2 is 2.08 bits per heavy atom. The minimum absolute atomic E-state index is 0.0387. The molecule has 3 heterocycles. The molecule has 0 saturated heterocycles. The lowest BCUT2D eigenvalue weighted by Crippen LogP contribution is -2.16. The van der Waals surface area contributed by atoms with E-state index in [1.165, 1.54) is 4.52 Å². The second kappa shape index (κ2) is 7.75. The molecule has 1 unspecified atom stereocenters. The van der Waals surface area contributed by atoms with E-state index in [4.69, 9.17) is 16.2 Å². The highest BCUT2D eigenvalue weighted by Gasteiger charge is 2.16. The Labute approximate surface area is 145 Å². The van der Waals surface area contributed by atoms with E-state index in [1.807, 2.05) is 27.7 Å². The first-order valence-electron chi connectivity index (χ1n) is 8.12. The molecule has 0 radical (unpaired) electrons. The van der Waals surface area contributed by atoms with Gasteiger partial charge in [0.05, 0.1) is 11.7 Å². The van der Waals surface area contributed by atoms with Crippen LogP contribution in [0.4, 0.5) is 5.95 Å². The molecule has 0 fully saturated rings. The van der Waals surface area contributed by atoms with Crippen molar-refractivity contribution in [3.8, 4) is 11.3 Å². The van der Waals surface area contributed by atoms with Crippen molar-refractivity contribution in [2.45, 2.75) is 33.9 Å². The van der Waals surface area contributed by atoms with E-state index in [0.717, 1.165) is 5.56 Å². The fourth-order valence-corrected chi connectivity index (χ4v) is 2.39. The maximum absolute atomic E-state index is 11.5. The van der Waals surface area contributed by atoms with Crippen LogP contribution in [0.3, 0.4) is 0 Å². The number of anilines is 1. The third kappa shape index (κ3) is 3.61. The van der Waals surface area contributed by atoms with Crippen LogP contribution < -0.4 is 11.5 Å². The Bertz CT molecular complexity index is 869. The number of aromatic nitrogens is 5. The molecular formula is C16H23N7O2. The molecular weight excluding hydrogens is 322 g/mol. The average molecular weight is 345 g/mol. The van der Waals surface area contributed by atoms with Crippen LogP contribution in [0.25, 0.3) is 16.8 Å². The Morgan fingerprint density at radius 1 is 1.36 bits per heavy atom. The fourth-order valence-electron chi connectivity index (χ4n) is 2.39. The van der Waals surface area contributed by atoms with Gasteiger partial charge in [-0.3, -0.25) is 4.79 Å². The predicted molar refractivity (Wildman–Crippen MR) is 94.8 cm³/mol. The van der Waals surface area contributed by atoms with Crippen molar-refractivity contribution >= 4 is 17.4 Å².